The van der Waals surface area contributed by atoms with Gasteiger partial charge in [-0.05, 0) is 61.8 Å². The Kier molecular flexibility index (Phi) is 6.17. The molecule has 1 fully saturated rings. The van der Waals surface area contributed by atoms with Crippen molar-refractivity contribution in [2.24, 2.45) is 0 Å². The molecule has 4 nitrogen and oxygen atoms in total. The maximum Gasteiger partial charge on any atom is 0.251 e. The molecule has 26 heavy (non-hydrogen) atoms. The first-order valence-corrected chi connectivity index (χ1v) is 9.47. The lowest BCUT2D eigenvalue weighted by Gasteiger charge is -2.28. The van der Waals surface area contributed by atoms with Crippen LogP contribution in [0.5, 0.6) is 0 Å². The van der Waals surface area contributed by atoms with Gasteiger partial charge in [0, 0.05) is 36.9 Å². The molecule has 1 heterocycles. The monoisotopic (exact) mass is 371 g/mol. The molecule has 5 heteroatoms. The molecule has 0 aromatic heterocycles. The van der Waals surface area contributed by atoms with Gasteiger partial charge in [0.2, 0.25) is 0 Å². The molecule has 1 atom stereocenters. The van der Waals surface area contributed by atoms with Crippen molar-refractivity contribution in [1.29, 1.82) is 0 Å². The number of rotatable bonds is 6. The average Bonchev–Trinajstić information content (AvgIpc) is 3.16. The molecule has 1 aliphatic rings. The van der Waals surface area contributed by atoms with Gasteiger partial charge in [0.1, 0.15) is 0 Å². The predicted octanol–water partition coefficient (Wildman–Crippen LogP) is 3.97. The minimum Gasteiger partial charge on any atom is -0.378 e. The lowest BCUT2D eigenvalue weighted by Crippen LogP contribution is -2.36. The maximum atomic E-state index is 12.5. The van der Waals surface area contributed by atoms with Gasteiger partial charge in [-0.15, -0.1) is 0 Å². The summed E-state index contributed by atoms with van der Waals surface area (Å²) in [6, 6.07) is 15.9. The standard InChI is InChI=1S/C21H26ClN3O/c1-24(2)19-10-8-16(9-11-19)20(25-12-3-4-13-25)15-23-21(26)17-6-5-7-18(22)14-17/h5-11,14,20H,3-4,12-13,15H2,1-2H3,(H,23,26). The van der Waals surface area contributed by atoms with Gasteiger partial charge in [-0.2, -0.15) is 0 Å². The third-order valence-corrected chi connectivity index (χ3v) is 5.15. The van der Waals surface area contributed by atoms with Crippen LogP contribution in [-0.2, 0) is 0 Å². The first-order chi connectivity index (χ1) is 12.5. The Bertz CT molecular complexity index is 739. The first kappa shape index (κ1) is 18.7. The van der Waals surface area contributed by atoms with Gasteiger partial charge < -0.3 is 10.2 Å². The highest BCUT2D eigenvalue weighted by Gasteiger charge is 2.24. The zero-order valence-corrected chi connectivity index (χ0v) is 16.2. The third kappa shape index (κ3) is 4.57. The van der Waals surface area contributed by atoms with Crippen molar-refractivity contribution in [3.8, 4) is 0 Å². The highest BCUT2D eigenvalue weighted by Crippen LogP contribution is 2.26. The SMILES string of the molecule is CN(C)c1ccc(C(CNC(=O)c2cccc(Cl)c2)N2CCCC2)cc1. The summed E-state index contributed by atoms with van der Waals surface area (Å²) >= 11 is 6.00. The van der Waals surface area contributed by atoms with E-state index in [0.717, 1.165) is 13.1 Å². The number of halogens is 1. The molecule has 0 radical (unpaired) electrons. The first-order valence-electron chi connectivity index (χ1n) is 9.10. The molecule has 2 aromatic rings. The Morgan fingerprint density at radius 1 is 1.15 bits per heavy atom. The molecule has 0 saturated carbocycles. The van der Waals surface area contributed by atoms with Gasteiger partial charge in [-0.1, -0.05) is 29.8 Å². The van der Waals surface area contributed by atoms with E-state index < -0.39 is 0 Å². The largest absolute Gasteiger partial charge is 0.378 e. The second-order valence-corrected chi connectivity index (χ2v) is 7.40. The molecule has 1 aliphatic heterocycles. The Balaban J connectivity index is 1.73. The van der Waals surface area contributed by atoms with Crippen molar-refractivity contribution in [2.45, 2.75) is 18.9 Å². The number of carbonyl (C=O) groups is 1. The lowest BCUT2D eigenvalue weighted by atomic mass is 10.0. The van der Waals surface area contributed by atoms with Crippen LogP contribution in [0.15, 0.2) is 48.5 Å². The number of hydrogen-bond donors (Lipinski definition) is 1. The second-order valence-electron chi connectivity index (χ2n) is 6.97. The normalized spacial score (nSPS) is 15.7. The molecule has 2 aromatic carbocycles. The van der Waals surface area contributed by atoms with Crippen molar-refractivity contribution in [3.63, 3.8) is 0 Å². The van der Waals surface area contributed by atoms with E-state index in [1.807, 2.05) is 14.1 Å². The number of nitrogens with zero attached hydrogens (tertiary/aromatic N) is 2. The maximum absolute atomic E-state index is 12.5. The van der Waals surface area contributed by atoms with Crippen LogP contribution in [0.2, 0.25) is 5.02 Å². The van der Waals surface area contributed by atoms with Crippen molar-refractivity contribution >= 4 is 23.2 Å². The van der Waals surface area contributed by atoms with Crippen LogP contribution in [0.3, 0.4) is 0 Å². The minimum atomic E-state index is -0.0818. The molecule has 1 saturated heterocycles. The fourth-order valence-corrected chi connectivity index (χ4v) is 3.62. The summed E-state index contributed by atoms with van der Waals surface area (Å²) in [5.74, 6) is -0.0818. The summed E-state index contributed by atoms with van der Waals surface area (Å²) in [5.41, 5.74) is 3.02. The van der Waals surface area contributed by atoms with Crippen molar-refractivity contribution in [3.05, 3.63) is 64.7 Å². The molecule has 0 bridgehead atoms. The molecule has 0 aliphatic carbocycles. The smallest absolute Gasteiger partial charge is 0.251 e. The Labute approximate surface area is 160 Å². The number of amides is 1. The van der Waals surface area contributed by atoms with Crippen molar-refractivity contribution < 1.29 is 4.79 Å². The van der Waals surface area contributed by atoms with Crippen LogP contribution in [0.25, 0.3) is 0 Å². The fraction of sp³-hybridized carbons (Fsp3) is 0.381. The lowest BCUT2D eigenvalue weighted by molar-refractivity contribution is 0.0938. The quantitative estimate of drug-likeness (QED) is 0.834. The van der Waals surface area contributed by atoms with E-state index in [1.54, 1.807) is 24.3 Å². The van der Waals surface area contributed by atoms with Crippen LogP contribution in [-0.4, -0.2) is 44.5 Å². The molecule has 1 unspecified atom stereocenters. The van der Waals surface area contributed by atoms with Crippen molar-refractivity contribution in [1.82, 2.24) is 10.2 Å². The number of benzene rings is 2. The zero-order valence-electron chi connectivity index (χ0n) is 15.4. The molecule has 0 spiro atoms. The van der Waals surface area contributed by atoms with Crippen LogP contribution < -0.4 is 10.2 Å². The number of likely N-dealkylation sites (tertiary alicyclic amines) is 1. The summed E-state index contributed by atoms with van der Waals surface area (Å²) < 4.78 is 0. The number of nitrogens with one attached hydrogen (secondary N) is 1. The van der Waals surface area contributed by atoms with Gasteiger partial charge in [0.15, 0.2) is 0 Å². The average molecular weight is 372 g/mol. The number of anilines is 1. The van der Waals surface area contributed by atoms with E-state index >= 15 is 0 Å². The Morgan fingerprint density at radius 3 is 2.46 bits per heavy atom. The van der Waals surface area contributed by atoms with Gasteiger partial charge in [0.25, 0.3) is 5.91 Å². The topological polar surface area (TPSA) is 35.6 Å². The van der Waals surface area contributed by atoms with E-state index in [1.165, 1.54) is 24.1 Å². The molecule has 3 rings (SSSR count). The summed E-state index contributed by atoms with van der Waals surface area (Å²) in [6.07, 6.45) is 2.43. The summed E-state index contributed by atoms with van der Waals surface area (Å²) in [5, 5.41) is 3.67. The van der Waals surface area contributed by atoms with E-state index in [2.05, 4.69) is 39.4 Å². The molecular weight excluding hydrogens is 346 g/mol. The second kappa shape index (κ2) is 8.56. The van der Waals surface area contributed by atoms with Gasteiger partial charge in [-0.25, -0.2) is 0 Å². The van der Waals surface area contributed by atoms with Crippen molar-refractivity contribution in [2.75, 3.05) is 38.6 Å². The van der Waals surface area contributed by atoms with Gasteiger partial charge in [0.05, 0.1) is 6.04 Å². The highest BCUT2D eigenvalue weighted by molar-refractivity contribution is 6.30. The van der Waals surface area contributed by atoms with Crippen LogP contribution in [0.4, 0.5) is 5.69 Å². The highest BCUT2D eigenvalue weighted by atomic mass is 35.5. The fourth-order valence-electron chi connectivity index (χ4n) is 3.43. The van der Waals surface area contributed by atoms with Crippen LogP contribution in [0.1, 0.15) is 34.8 Å². The van der Waals surface area contributed by atoms with E-state index in [9.17, 15) is 4.79 Å². The zero-order chi connectivity index (χ0) is 18.5. The number of carbonyl (C=O) groups excluding carboxylic acids is 1. The summed E-state index contributed by atoms with van der Waals surface area (Å²) in [6.45, 7) is 2.74. The van der Waals surface area contributed by atoms with E-state index in [-0.39, 0.29) is 11.9 Å². The van der Waals surface area contributed by atoms with Crippen LogP contribution in [0, 0.1) is 0 Å². The summed E-state index contributed by atoms with van der Waals surface area (Å²) in [7, 11) is 4.08. The molecule has 138 valence electrons. The van der Waals surface area contributed by atoms with E-state index in [4.69, 9.17) is 11.6 Å². The predicted molar refractivity (Wildman–Crippen MR) is 108 cm³/mol. The van der Waals surface area contributed by atoms with Gasteiger partial charge in [-0.3, -0.25) is 9.69 Å². The molecule has 1 amide bonds. The molecule has 1 N–H and O–H groups in total. The van der Waals surface area contributed by atoms with Gasteiger partial charge >= 0.3 is 0 Å². The number of hydrogen-bond acceptors (Lipinski definition) is 3. The van der Waals surface area contributed by atoms with Crippen LogP contribution >= 0.6 is 11.6 Å². The Hall–Kier alpha value is -2.04. The van der Waals surface area contributed by atoms with E-state index in [0.29, 0.717) is 17.1 Å². The minimum absolute atomic E-state index is 0.0818. The third-order valence-electron chi connectivity index (χ3n) is 4.92. The Morgan fingerprint density at radius 2 is 1.85 bits per heavy atom. The summed E-state index contributed by atoms with van der Waals surface area (Å²) in [4.78, 5) is 17.1. The molecular formula is C21H26ClN3O.